The summed E-state index contributed by atoms with van der Waals surface area (Å²) in [5.74, 6) is -8.67. The van der Waals surface area contributed by atoms with Crippen molar-refractivity contribution in [1.29, 1.82) is 0 Å². The van der Waals surface area contributed by atoms with Crippen LogP contribution in [0.1, 0.15) is 32.6 Å². The van der Waals surface area contributed by atoms with Crippen LogP contribution in [0.3, 0.4) is 0 Å². The average molecular weight is 447 g/mol. The van der Waals surface area contributed by atoms with Gasteiger partial charge in [0.05, 0.1) is 18.9 Å². The van der Waals surface area contributed by atoms with Gasteiger partial charge in [0.1, 0.15) is 18.1 Å². The van der Waals surface area contributed by atoms with Gasteiger partial charge in [0.2, 0.25) is 23.6 Å². The van der Waals surface area contributed by atoms with Gasteiger partial charge in [0.25, 0.3) is 0 Å². The standard InChI is InChI=1S/C16H25N5O10/c1-6(17)13(27)19-7(2-3-11(23)24)14(28)20-8(5-12(25)26)15(29)21-9(16(30)31)4-10(18)22/h6-9H,2-5,17H2,1H3,(H2,18,22)(H,19,27)(H,20,28)(H,21,29)(H,23,24)(H,25,26)(H,30,31). The van der Waals surface area contributed by atoms with Crippen LogP contribution in [0.25, 0.3) is 0 Å². The van der Waals surface area contributed by atoms with Crippen LogP contribution in [-0.4, -0.2) is 81.0 Å². The van der Waals surface area contributed by atoms with Gasteiger partial charge in [0.15, 0.2) is 0 Å². The van der Waals surface area contributed by atoms with E-state index in [-0.39, 0.29) is 0 Å². The van der Waals surface area contributed by atoms with Gasteiger partial charge in [-0.1, -0.05) is 0 Å². The molecule has 0 saturated heterocycles. The van der Waals surface area contributed by atoms with Gasteiger partial charge in [0, 0.05) is 6.42 Å². The highest BCUT2D eigenvalue weighted by molar-refractivity contribution is 5.96. The largest absolute Gasteiger partial charge is 0.481 e. The zero-order chi connectivity index (χ0) is 24.3. The highest BCUT2D eigenvalue weighted by atomic mass is 16.4. The quantitative estimate of drug-likeness (QED) is 0.127. The molecule has 0 heterocycles. The molecule has 0 aromatic heterocycles. The first-order valence-electron chi connectivity index (χ1n) is 8.86. The Morgan fingerprint density at radius 3 is 1.65 bits per heavy atom. The summed E-state index contributed by atoms with van der Waals surface area (Å²) in [5, 5.41) is 32.9. The predicted octanol–water partition coefficient (Wildman–Crippen LogP) is -3.91. The van der Waals surface area contributed by atoms with E-state index in [0.717, 1.165) is 0 Å². The molecule has 0 aliphatic carbocycles. The van der Waals surface area contributed by atoms with E-state index < -0.39 is 91.4 Å². The number of primary amides is 1. The van der Waals surface area contributed by atoms with Gasteiger partial charge < -0.3 is 42.7 Å². The van der Waals surface area contributed by atoms with E-state index in [0.29, 0.717) is 0 Å². The van der Waals surface area contributed by atoms with Crippen molar-refractivity contribution in [2.75, 3.05) is 0 Å². The molecule has 0 rings (SSSR count). The van der Waals surface area contributed by atoms with E-state index in [1.807, 2.05) is 10.6 Å². The number of hydrogen-bond acceptors (Lipinski definition) is 8. The van der Waals surface area contributed by atoms with E-state index in [9.17, 15) is 33.6 Å². The summed E-state index contributed by atoms with van der Waals surface area (Å²) in [6, 6.07) is -6.11. The molecule has 4 amide bonds. The summed E-state index contributed by atoms with van der Waals surface area (Å²) in [5.41, 5.74) is 10.3. The van der Waals surface area contributed by atoms with Crippen LogP contribution in [0, 0.1) is 0 Å². The number of hydrogen-bond donors (Lipinski definition) is 8. The molecule has 4 atom stereocenters. The fraction of sp³-hybridized carbons (Fsp3) is 0.562. The Morgan fingerprint density at radius 1 is 0.742 bits per heavy atom. The maximum atomic E-state index is 12.5. The fourth-order valence-electron chi connectivity index (χ4n) is 2.17. The van der Waals surface area contributed by atoms with Gasteiger partial charge >= 0.3 is 17.9 Å². The summed E-state index contributed by atoms with van der Waals surface area (Å²) in [7, 11) is 0. The average Bonchev–Trinajstić information content (AvgIpc) is 2.62. The van der Waals surface area contributed by atoms with Crippen LogP contribution < -0.4 is 27.4 Å². The Kier molecular flexibility index (Phi) is 11.2. The molecule has 0 aromatic carbocycles. The molecule has 15 nitrogen and oxygen atoms in total. The smallest absolute Gasteiger partial charge is 0.326 e. The second kappa shape index (κ2) is 12.7. The number of carboxylic acid groups (broad SMARTS) is 3. The molecule has 15 heteroatoms. The van der Waals surface area contributed by atoms with Crippen LogP contribution in [0.15, 0.2) is 0 Å². The molecule has 0 aromatic rings. The number of carboxylic acids is 3. The molecule has 4 unspecified atom stereocenters. The lowest BCUT2D eigenvalue weighted by Gasteiger charge is -2.23. The molecule has 0 saturated carbocycles. The van der Waals surface area contributed by atoms with Crippen LogP contribution in [0.2, 0.25) is 0 Å². The first-order valence-corrected chi connectivity index (χ1v) is 8.86. The summed E-state index contributed by atoms with van der Waals surface area (Å²) < 4.78 is 0. The normalized spacial score (nSPS) is 14.3. The van der Waals surface area contributed by atoms with Crippen molar-refractivity contribution in [3.05, 3.63) is 0 Å². The summed E-state index contributed by atoms with van der Waals surface area (Å²) in [6.45, 7) is 1.30. The Morgan fingerprint density at radius 2 is 1.23 bits per heavy atom. The van der Waals surface area contributed by atoms with Crippen molar-refractivity contribution in [2.24, 2.45) is 11.5 Å². The Bertz CT molecular complexity index is 738. The Balaban J connectivity index is 5.51. The number of carbonyl (C=O) groups is 7. The SMILES string of the molecule is CC(N)C(=O)NC(CCC(=O)O)C(=O)NC(CC(=O)O)C(=O)NC(CC(N)=O)C(=O)O. The summed E-state index contributed by atoms with van der Waals surface area (Å²) in [4.78, 5) is 80.5. The minimum absolute atomic E-state index is 0.402. The monoisotopic (exact) mass is 447 g/mol. The van der Waals surface area contributed by atoms with Crippen molar-refractivity contribution in [3.8, 4) is 0 Å². The van der Waals surface area contributed by atoms with Crippen molar-refractivity contribution in [1.82, 2.24) is 16.0 Å². The van der Waals surface area contributed by atoms with Gasteiger partial charge in [-0.3, -0.25) is 28.8 Å². The molecule has 0 aliphatic heterocycles. The van der Waals surface area contributed by atoms with E-state index in [1.165, 1.54) is 6.92 Å². The van der Waals surface area contributed by atoms with E-state index in [1.54, 1.807) is 0 Å². The zero-order valence-corrected chi connectivity index (χ0v) is 16.5. The first-order chi connectivity index (χ1) is 14.2. The summed E-state index contributed by atoms with van der Waals surface area (Å²) >= 11 is 0. The van der Waals surface area contributed by atoms with Gasteiger partial charge in [-0.25, -0.2) is 4.79 Å². The molecule has 0 radical (unpaired) electrons. The third-order valence-electron chi connectivity index (χ3n) is 3.73. The van der Waals surface area contributed by atoms with E-state index in [4.69, 9.17) is 26.8 Å². The number of amides is 4. The molecule has 0 bridgehead atoms. The predicted molar refractivity (Wildman–Crippen MR) is 100 cm³/mol. The Hall–Kier alpha value is -3.75. The maximum Gasteiger partial charge on any atom is 0.326 e. The van der Waals surface area contributed by atoms with Crippen LogP contribution in [0.5, 0.6) is 0 Å². The minimum atomic E-state index is -1.81. The number of nitrogens with two attached hydrogens (primary N) is 2. The number of nitrogens with one attached hydrogen (secondary N) is 3. The van der Waals surface area contributed by atoms with Crippen molar-refractivity contribution in [3.63, 3.8) is 0 Å². The van der Waals surface area contributed by atoms with Crippen LogP contribution in [-0.2, 0) is 33.6 Å². The number of carbonyl (C=O) groups excluding carboxylic acids is 4. The maximum absolute atomic E-state index is 12.5. The molecule has 10 N–H and O–H groups in total. The molecule has 0 spiro atoms. The molecule has 31 heavy (non-hydrogen) atoms. The lowest BCUT2D eigenvalue weighted by Crippen LogP contribution is -2.57. The van der Waals surface area contributed by atoms with Gasteiger partial charge in [-0.15, -0.1) is 0 Å². The van der Waals surface area contributed by atoms with Gasteiger partial charge in [-0.2, -0.15) is 0 Å². The number of aliphatic carboxylic acids is 3. The molecular formula is C16H25N5O10. The molecular weight excluding hydrogens is 422 g/mol. The molecule has 0 aliphatic rings. The summed E-state index contributed by atoms with van der Waals surface area (Å²) in [6.07, 6.45) is -2.72. The van der Waals surface area contributed by atoms with Crippen LogP contribution in [0.4, 0.5) is 0 Å². The highest BCUT2D eigenvalue weighted by Crippen LogP contribution is 2.03. The van der Waals surface area contributed by atoms with Crippen molar-refractivity contribution >= 4 is 41.5 Å². The lowest BCUT2D eigenvalue weighted by atomic mass is 10.1. The lowest BCUT2D eigenvalue weighted by molar-refractivity contribution is -0.144. The second-order valence-electron chi connectivity index (χ2n) is 6.51. The van der Waals surface area contributed by atoms with E-state index >= 15 is 0 Å². The van der Waals surface area contributed by atoms with E-state index in [2.05, 4.69) is 5.32 Å². The third-order valence-corrected chi connectivity index (χ3v) is 3.73. The number of rotatable bonds is 14. The fourth-order valence-corrected chi connectivity index (χ4v) is 2.17. The topological polar surface area (TPSA) is 268 Å². The van der Waals surface area contributed by atoms with Crippen molar-refractivity contribution < 1.29 is 48.9 Å². The second-order valence-corrected chi connectivity index (χ2v) is 6.51. The third kappa shape index (κ3) is 11.1. The van der Waals surface area contributed by atoms with Gasteiger partial charge in [-0.05, 0) is 13.3 Å². The van der Waals surface area contributed by atoms with Crippen molar-refractivity contribution in [2.45, 2.75) is 56.8 Å². The van der Waals surface area contributed by atoms with Crippen LogP contribution >= 0.6 is 0 Å². The molecule has 174 valence electrons. The minimum Gasteiger partial charge on any atom is -0.481 e. The zero-order valence-electron chi connectivity index (χ0n) is 16.5. The Labute approximate surface area is 175 Å². The highest BCUT2D eigenvalue weighted by Gasteiger charge is 2.32. The molecule has 0 fully saturated rings. The first kappa shape index (κ1) is 27.2.